The molecular weight excluding hydrogens is 206 g/mol. The fourth-order valence-corrected chi connectivity index (χ4v) is 2.44. The molecule has 1 aliphatic carbocycles. The molecule has 5 nitrogen and oxygen atoms in total. The van der Waals surface area contributed by atoms with Gasteiger partial charge in [0.2, 0.25) is 5.71 Å². The Morgan fingerprint density at radius 2 is 2.19 bits per heavy atom. The molecule has 2 heterocycles. The first-order chi connectivity index (χ1) is 7.74. The third-order valence-electron chi connectivity index (χ3n) is 3.22. The van der Waals surface area contributed by atoms with Crippen molar-refractivity contribution in [3.8, 4) is 0 Å². The van der Waals surface area contributed by atoms with Crippen molar-refractivity contribution in [3.63, 3.8) is 0 Å². The molecule has 0 aliphatic heterocycles. The van der Waals surface area contributed by atoms with Crippen molar-refractivity contribution in [3.05, 3.63) is 22.3 Å². The zero-order chi connectivity index (χ0) is 11.1. The van der Waals surface area contributed by atoms with Crippen molar-refractivity contribution in [1.29, 1.82) is 0 Å². The van der Waals surface area contributed by atoms with Crippen molar-refractivity contribution >= 4 is 16.9 Å². The zero-order valence-electron chi connectivity index (χ0n) is 8.82. The SMILES string of the molecule is Nc1cc2[nH]c(=O)oc2nc1C1CCCC1. The minimum atomic E-state index is -0.481. The van der Waals surface area contributed by atoms with Gasteiger partial charge in [-0.3, -0.25) is 4.98 Å². The molecule has 1 fully saturated rings. The third-order valence-corrected chi connectivity index (χ3v) is 3.22. The summed E-state index contributed by atoms with van der Waals surface area (Å²) in [5, 5.41) is 0. The number of H-pyrrole nitrogens is 1. The number of nitrogens with zero attached hydrogens (tertiary/aromatic N) is 1. The summed E-state index contributed by atoms with van der Waals surface area (Å²) in [7, 11) is 0. The number of hydrogen-bond donors (Lipinski definition) is 2. The predicted molar refractivity (Wildman–Crippen MR) is 60.3 cm³/mol. The molecule has 0 radical (unpaired) electrons. The Labute approximate surface area is 91.7 Å². The van der Waals surface area contributed by atoms with Gasteiger partial charge in [0.25, 0.3) is 0 Å². The van der Waals surface area contributed by atoms with E-state index in [4.69, 9.17) is 10.2 Å². The molecule has 84 valence electrons. The van der Waals surface area contributed by atoms with E-state index < -0.39 is 5.76 Å². The van der Waals surface area contributed by atoms with Crippen LogP contribution in [0.1, 0.15) is 37.3 Å². The van der Waals surface area contributed by atoms with Crippen LogP contribution in [0.2, 0.25) is 0 Å². The molecule has 0 aromatic carbocycles. The molecule has 0 atom stereocenters. The van der Waals surface area contributed by atoms with Gasteiger partial charge in [0, 0.05) is 5.92 Å². The summed E-state index contributed by atoms with van der Waals surface area (Å²) in [6, 6.07) is 1.74. The van der Waals surface area contributed by atoms with Crippen LogP contribution in [0.5, 0.6) is 0 Å². The maximum Gasteiger partial charge on any atom is 0.418 e. The highest BCUT2D eigenvalue weighted by molar-refractivity contribution is 5.73. The standard InChI is InChI=1S/C11H13N3O2/c12-7-5-8-10(16-11(15)13-8)14-9(7)6-3-1-2-4-6/h5-6H,1-4,12H2,(H,13,15). The normalized spacial score (nSPS) is 17.2. The van der Waals surface area contributed by atoms with Crippen molar-refractivity contribution in [2.75, 3.05) is 5.73 Å². The van der Waals surface area contributed by atoms with Gasteiger partial charge >= 0.3 is 5.76 Å². The summed E-state index contributed by atoms with van der Waals surface area (Å²) in [5.41, 5.74) is 8.42. The zero-order valence-corrected chi connectivity index (χ0v) is 8.82. The quantitative estimate of drug-likeness (QED) is 0.765. The van der Waals surface area contributed by atoms with Gasteiger partial charge in [0.1, 0.15) is 5.52 Å². The van der Waals surface area contributed by atoms with Gasteiger partial charge in [-0.2, -0.15) is 0 Å². The Hall–Kier alpha value is -1.78. The highest BCUT2D eigenvalue weighted by Crippen LogP contribution is 2.36. The van der Waals surface area contributed by atoms with Gasteiger partial charge in [0.15, 0.2) is 0 Å². The minimum absolute atomic E-state index is 0.362. The second-order valence-corrected chi connectivity index (χ2v) is 4.31. The van der Waals surface area contributed by atoms with Gasteiger partial charge in [-0.1, -0.05) is 12.8 Å². The Morgan fingerprint density at radius 1 is 1.44 bits per heavy atom. The van der Waals surface area contributed by atoms with Crippen LogP contribution in [0.4, 0.5) is 5.69 Å². The molecule has 1 aliphatic rings. The van der Waals surface area contributed by atoms with Crippen molar-refractivity contribution < 1.29 is 4.42 Å². The van der Waals surface area contributed by atoms with Crippen molar-refractivity contribution in [1.82, 2.24) is 9.97 Å². The molecule has 0 bridgehead atoms. The van der Waals surface area contributed by atoms with Crippen LogP contribution in [0, 0.1) is 0 Å². The molecule has 0 spiro atoms. The summed E-state index contributed by atoms with van der Waals surface area (Å²) >= 11 is 0. The molecule has 16 heavy (non-hydrogen) atoms. The largest absolute Gasteiger partial charge is 0.418 e. The predicted octanol–water partition coefficient (Wildman–Crippen LogP) is 1.76. The molecule has 0 saturated heterocycles. The number of oxazole rings is 1. The summed E-state index contributed by atoms with van der Waals surface area (Å²) in [5.74, 6) is -0.0601. The lowest BCUT2D eigenvalue weighted by atomic mass is 10.0. The average molecular weight is 219 g/mol. The fourth-order valence-electron chi connectivity index (χ4n) is 2.44. The van der Waals surface area contributed by atoms with E-state index >= 15 is 0 Å². The molecular formula is C11H13N3O2. The number of aromatic amines is 1. The number of hydrogen-bond acceptors (Lipinski definition) is 4. The fraction of sp³-hybridized carbons (Fsp3) is 0.455. The van der Waals surface area contributed by atoms with E-state index in [0.29, 0.717) is 22.8 Å². The molecule has 0 unspecified atom stereocenters. The Bertz CT molecular complexity index is 578. The number of pyridine rings is 1. The maximum atomic E-state index is 11.0. The van der Waals surface area contributed by atoms with Crippen LogP contribution in [0.25, 0.3) is 11.2 Å². The molecule has 5 heteroatoms. The van der Waals surface area contributed by atoms with E-state index in [1.165, 1.54) is 12.8 Å². The number of nitrogen functional groups attached to an aromatic ring is 1. The summed E-state index contributed by atoms with van der Waals surface area (Å²) < 4.78 is 4.95. The third kappa shape index (κ3) is 1.39. The lowest BCUT2D eigenvalue weighted by Crippen LogP contribution is -2.02. The summed E-state index contributed by atoms with van der Waals surface area (Å²) in [6.45, 7) is 0. The maximum absolute atomic E-state index is 11.0. The number of fused-ring (bicyclic) bond motifs is 1. The molecule has 2 aromatic heterocycles. The Kier molecular flexibility index (Phi) is 1.99. The van der Waals surface area contributed by atoms with Crippen LogP contribution in [-0.4, -0.2) is 9.97 Å². The number of nitrogens with one attached hydrogen (secondary N) is 1. The van der Waals surface area contributed by atoms with E-state index in [1.807, 2.05) is 0 Å². The number of aromatic nitrogens is 2. The second kappa shape index (κ2) is 3.37. The summed E-state index contributed by atoms with van der Waals surface area (Å²) in [6.07, 6.45) is 4.69. The van der Waals surface area contributed by atoms with Crippen molar-refractivity contribution in [2.24, 2.45) is 0 Å². The summed E-state index contributed by atoms with van der Waals surface area (Å²) in [4.78, 5) is 17.9. The minimum Gasteiger partial charge on any atom is -0.397 e. The smallest absolute Gasteiger partial charge is 0.397 e. The number of nitrogens with two attached hydrogens (primary N) is 1. The van der Waals surface area contributed by atoms with E-state index in [-0.39, 0.29) is 0 Å². The van der Waals surface area contributed by atoms with E-state index in [9.17, 15) is 4.79 Å². The first kappa shape index (κ1) is 9.45. The molecule has 3 N–H and O–H groups in total. The second-order valence-electron chi connectivity index (χ2n) is 4.31. The van der Waals surface area contributed by atoms with E-state index in [1.54, 1.807) is 6.07 Å². The van der Waals surface area contributed by atoms with Gasteiger partial charge in [-0.15, -0.1) is 0 Å². The van der Waals surface area contributed by atoms with Crippen molar-refractivity contribution in [2.45, 2.75) is 31.6 Å². The molecule has 0 amide bonds. The first-order valence-corrected chi connectivity index (χ1v) is 5.53. The molecule has 2 aromatic rings. The van der Waals surface area contributed by atoms with E-state index in [2.05, 4.69) is 9.97 Å². The Balaban J connectivity index is 2.16. The van der Waals surface area contributed by atoms with Gasteiger partial charge in [-0.05, 0) is 18.9 Å². The van der Waals surface area contributed by atoms with Crippen LogP contribution < -0.4 is 11.5 Å². The highest BCUT2D eigenvalue weighted by Gasteiger charge is 2.21. The van der Waals surface area contributed by atoms with E-state index in [0.717, 1.165) is 18.5 Å². The Morgan fingerprint density at radius 3 is 2.94 bits per heavy atom. The van der Waals surface area contributed by atoms with Gasteiger partial charge in [0.05, 0.1) is 11.4 Å². The van der Waals surface area contributed by atoms with Crippen LogP contribution in [0.3, 0.4) is 0 Å². The van der Waals surface area contributed by atoms with Gasteiger partial charge in [-0.25, -0.2) is 9.78 Å². The number of anilines is 1. The monoisotopic (exact) mass is 219 g/mol. The van der Waals surface area contributed by atoms with Crippen LogP contribution in [0.15, 0.2) is 15.3 Å². The van der Waals surface area contributed by atoms with Gasteiger partial charge < -0.3 is 10.2 Å². The molecule has 1 saturated carbocycles. The van der Waals surface area contributed by atoms with Crippen LogP contribution in [-0.2, 0) is 0 Å². The average Bonchev–Trinajstić information content (AvgIpc) is 2.83. The first-order valence-electron chi connectivity index (χ1n) is 5.53. The lowest BCUT2D eigenvalue weighted by Gasteiger charge is -2.10. The highest BCUT2D eigenvalue weighted by atomic mass is 16.4. The molecule has 3 rings (SSSR count). The lowest BCUT2D eigenvalue weighted by molar-refractivity contribution is 0.542. The topological polar surface area (TPSA) is 84.9 Å². The van der Waals surface area contributed by atoms with Crippen LogP contribution >= 0.6 is 0 Å². The number of rotatable bonds is 1.